The van der Waals surface area contributed by atoms with Gasteiger partial charge >= 0.3 is 0 Å². The van der Waals surface area contributed by atoms with Gasteiger partial charge in [-0.05, 0) is 38.1 Å². The number of amides is 2. The van der Waals surface area contributed by atoms with Crippen molar-refractivity contribution in [3.8, 4) is 0 Å². The zero-order chi connectivity index (χ0) is 18.4. The summed E-state index contributed by atoms with van der Waals surface area (Å²) in [6, 6.07) is 7.48. The van der Waals surface area contributed by atoms with E-state index >= 15 is 0 Å². The molecule has 0 bridgehead atoms. The number of aryl methyl sites for hydroxylation is 2. The molecule has 0 aliphatic heterocycles. The number of aromatic nitrogens is 2. The smallest absolute Gasteiger partial charge is 0.244 e. The SMILES string of the molecule is Cc1n[nH]c(C)c1NC(=O)CN(C)C(=O)CCSc1ccc(Cl)cc1. The maximum Gasteiger partial charge on any atom is 0.244 e. The number of likely N-dealkylation sites (N-methyl/N-ethyl adjacent to an activating group) is 1. The molecule has 25 heavy (non-hydrogen) atoms. The van der Waals surface area contributed by atoms with E-state index in [-0.39, 0.29) is 18.4 Å². The van der Waals surface area contributed by atoms with Crippen LogP contribution in [0.5, 0.6) is 0 Å². The summed E-state index contributed by atoms with van der Waals surface area (Å²) in [5, 5.41) is 10.3. The van der Waals surface area contributed by atoms with Gasteiger partial charge in [-0.25, -0.2) is 0 Å². The maximum absolute atomic E-state index is 12.2. The van der Waals surface area contributed by atoms with Crippen LogP contribution in [0.25, 0.3) is 0 Å². The van der Waals surface area contributed by atoms with Crippen molar-refractivity contribution in [2.24, 2.45) is 0 Å². The number of aromatic amines is 1. The van der Waals surface area contributed by atoms with Crippen molar-refractivity contribution in [1.82, 2.24) is 15.1 Å². The molecule has 2 aromatic rings. The van der Waals surface area contributed by atoms with Crippen LogP contribution in [0.1, 0.15) is 17.8 Å². The molecule has 6 nitrogen and oxygen atoms in total. The van der Waals surface area contributed by atoms with E-state index in [2.05, 4.69) is 15.5 Å². The summed E-state index contributed by atoms with van der Waals surface area (Å²) in [6.45, 7) is 3.65. The Bertz CT molecular complexity index is 726. The fraction of sp³-hybridized carbons (Fsp3) is 0.353. The van der Waals surface area contributed by atoms with E-state index in [9.17, 15) is 9.59 Å². The summed E-state index contributed by atoms with van der Waals surface area (Å²) in [7, 11) is 1.63. The molecule has 2 N–H and O–H groups in total. The van der Waals surface area contributed by atoms with Crippen LogP contribution >= 0.6 is 23.4 Å². The summed E-state index contributed by atoms with van der Waals surface area (Å²) >= 11 is 7.42. The van der Waals surface area contributed by atoms with Gasteiger partial charge in [-0.3, -0.25) is 14.7 Å². The van der Waals surface area contributed by atoms with E-state index in [4.69, 9.17) is 11.6 Å². The second kappa shape index (κ2) is 8.92. The van der Waals surface area contributed by atoms with Crippen molar-refractivity contribution in [2.45, 2.75) is 25.2 Å². The number of benzene rings is 1. The van der Waals surface area contributed by atoms with Gasteiger partial charge < -0.3 is 10.2 Å². The summed E-state index contributed by atoms with van der Waals surface area (Å²) in [4.78, 5) is 26.7. The first-order valence-corrected chi connectivity index (χ1v) is 9.17. The third-order valence-electron chi connectivity index (χ3n) is 3.60. The van der Waals surface area contributed by atoms with Crippen LogP contribution in [0.2, 0.25) is 5.02 Å². The zero-order valence-electron chi connectivity index (χ0n) is 14.4. The number of rotatable bonds is 7. The highest BCUT2D eigenvalue weighted by atomic mass is 35.5. The molecule has 8 heteroatoms. The van der Waals surface area contributed by atoms with Crippen LogP contribution in [0.15, 0.2) is 29.2 Å². The lowest BCUT2D eigenvalue weighted by molar-refractivity contribution is -0.132. The predicted octanol–water partition coefficient (Wildman–Crippen LogP) is 3.26. The number of nitrogens with one attached hydrogen (secondary N) is 2. The predicted molar refractivity (Wildman–Crippen MR) is 101 cm³/mol. The van der Waals surface area contributed by atoms with Crippen molar-refractivity contribution in [1.29, 1.82) is 0 Å². The van der Waals surface area contributed by atoms with Gasteiger partial charge in [0.1, 0.15) is 0 Å². The van der Waals surface area contributed by atoms with Gasteiger partial charge in [0, 0.05) is 29.1 Å². The molecule has 0 fully saturated rings. The Morgan fingerprint density at radius 1 is 1.28 bits per heavy atom. The van der Waals surface area contributed by atoms with Gasteiger partial charge in [0.2, 0.25) is 11.8 Å². The van der Waals surface area contributed by atoms with E-state index in [0.29, 0.717) is 22.9 Å². The molecule has 1 aromatic heterocycles. The highest BCUT2D eigenvalue weighted by molar-refractivity contribution is 7.99. The number of halogens is 1. The average molecular weight is 381 g/mol. The molecule has 0 unspecified atom stereocenters. The lowest BCUT2D eigenvalue weighted by atomic mass is 10.3. The molecule has 0 atom stereocenters. The molecule has 0 aliphatic carbocycles. The molecule has 0 saturated carbocycles. The van der Waals surface area contributed by atoms with E-state index < -0.39 is 0 Å². The van der Waals surface area contributed by atoms with E-state index in [1.54, 1.807) is 18.8 Å². The third kappa shape index (κ3) is 5.79. The van der Waals surface area contributed by atoms with E-state index in [1.807, 2.05) is 38.1 Å². The topological polar surface area (TPSA) is 78.1 Å². The number of carbonyl (C=O) groups excluding carboxylic acids is 2. The molecule has 0 aliphatic rings. The second-order valence-corrected chi connectivity index (χ2v) is 7.26. The molecule has 2 amide bonds. The molecule has 1 heterocycles. The summed E-state index contributed by atoms with van der Waals surface area (Å²) < 4.78 is 0. The van der Waals surface area contributed by atoms with Gasteiger partial charge in [-0.1, -0.05) is 11.6 Å². The minimum atomic E-state index is -0.242. The van der Waals surface area contributed by atoms with E-state index in [0.717, 1.165) is 16.3 Å². The molecule has 0 saturated heterocycles. The number of hydrogen-bond donors (Lipinski definition) is 2. The fourth-order valence-corrected chi connectivity index (χ4v) is 3.16. The Morgan fingerprint density at radius 3 is 2.56 bits per heavy atom. The van der Waals surface area contributed by atoms with Crippen molar-refractivity contribution in [3.63, 3.8) is 0 Å². The summed E-state index contributed by atoms with van der Waals surface area (Å²) in [6.07, 6.45) is 0.362. The zero-order valence-corrected chi connectivity index (χ0v) is 16.0. The fourth-order valence-electron chi connectivity index (χ4n) is 2.20. The minimum Gasteiger partial charge on any atom is -0.336 e. The molecule has 0 spiro atoms. The number of nitrogens with zero attached hydrogens (tertiary/aromatic N) is 2. The normalized spacial score (nSPS) is 10.6. The van der Waals surface area contributed by atoms with Gasteiger partial charge in [-0.15, -0.1) is 11.8 Å². The van der Waals surface area contributed by atoms with Crippen molar-refractivity contribution >= 4 is 40.9 Å². The standard InChI is InChI=1S/C17H21ClN4O2S/c1-11-17(12(2)21-20-11)19-15(23)10-22(3)16(24)8-9-25-14-6-4-13(18)5-7-14/h4-7H,8-10H2,1-3H3,(H,19,23)(H,20,21). The van der Waals surface area contributed by atoms with Crippen LogP contribution in [-0.2, 0) is 9.59 Å². The Hall–Kier alpha value is -1.99. The lowest BCUT2D eigenvalue weighted by Crippen LogP contribution is -2.35. The number of thioether (sulfide) groups is 1. The second-order valence-electron chi connectivity index (χ2n) is 5.66. The highest BCUT2D eigenvalue weighted by Crippen LogP contribution is 2.21. The largest absolute Gasteiger partial charge is 0.336 e. The Kier molecular flexibility index (Phi) is 6.90. The monoisotopic (exact) mass is 380 g/mol. The maximum atomic E-state index is 12.2. The van der Waals surface area contributed by atoms with Gasteiger partial charge in [0.25, 0.3) is 0 Å². The first-order chi connectivity index (χ1) is 11.9. The number of anilines is 1. The van der Waals surface area contributed by atoms with Crippen molar-refractivity contribution < 1.29 is 9.59 Å². The van der Waals surface area contributed by atoms with Gasteiger partial charge in [0.15, 0.2) is 0 Å². The van der Waals surface area contributed by atoms with Crippen LogP contribution in [0.3, 0.4) is 0 Å². The van der Waals surface area contributed by atoms with E-state index in [1.165, 1.54) is 4.90 Å². The number of hydrogen-bond acceptors (Lipinski definition) is 4. The Labute approximate surface area is 156 Å². The van der Waals surface area contributed by atoms with Crippen molar-refractivity contribution in [2.75, 3.05) is 24.7 Å². The average Bonchev–Trinajstić information content (AvgIpc) is 2.88. The molecule has 134 valence electrons. The molecule has 0 radical (unpaired) electrons. The van der Waals surface area contributed by atoms with Crippen LogP contribution in [-0.4, -0.2) is 46.3 Å². The number of H-pyrrole nitrogens is 1. The highest BCUT2D eigenvalue weighted by Gasteiger charge is 2.15. The number of carbonyl (C=O) groups is 2. The molecular weight excluding hydrogens is 360 g/mol. The van der Waals surface area contributed by atoms with Crippen LogP contribution in [0.4, 0.5) is 5.69 Å². The van der Waals surface area contributed by atoms with Crippen molar-refractivity contribution in [3.05, 3.63) is 40.7 Å². The molecular formula is C17H21ClN4O2S. The first kappa shape index (κ1) is 19.3. The Morgan fingerprint density at radius 2 is 1.96 bits per heavy atom. The molecule has 2 rings (SSSR count). The van der Waals surface area contributed by atoms with Gasteiger partial charge in [0.05, 0.1) is 23.6 Å². The summed E-state index contributed by atoms with van der Waals surface area (Å²) in [5.41, 5.74) is 2.18. The summed E-state index contributed by atoms with van der Waals surface area (Å²) in [5.74, 6) is 0.331. The first-order valence-electron chi connectivity index (χ1n) is 7.80. The van der Waals surface area contributed by atoms with Crippen LogP contribution < -0.4 is 5.32 Å². The van der Waals surface area contributed by atoms with Crippen LogP contribution in [0, 0.1) is 13.8 Å². The van der Waals surface area contributed by atoms with Gasteiger partial charge in [-0.2, -0.15) is 5.10 Å². The quantitative estimate of drug-likeness (QED) is 0.722. The molecule has 1 aromatic carbocycles. The Balaban J connectivity index is 1.75. The minimum absolute atomic E-state index is 0.00844. The lowest BCUT2D eigenvalue weighted by Gasteiger charge is -2.16. The third-order valence-corrected chi connectivity index (χ3v) is 4.86.